The second-order valence-corrected chi connectivity index (χ2v) is 5.55. The number of hydrogen-bond donors (Lipinski definition) is 1. The van der Waals surface area contributed by atoms with E-state index in [-0.39, 0.29) is 5.91 Å². The standard InChI is InChI=1S/C14H21NO5/c1-20-14(19)11-7-4-8-15(11)12(16)9-5-2-3-6-10(9)13(17)18/h9-11H,2-8H2,1H3,(H,17,18)/t9-,10+,11?/m1/s1. The molecule has 2 rings (SSSR count). The van der Waals surface area contributed by atoms with Crippen molar-refractivity contribution in [3.8, 4) is 0 Å². The molecule has 0 aromatic heterocycles. The van der Waals surface area contributed by atoms with Crippen molar-refractivity contribution >= 4 is 17.8 Å². The zero-order valence-corrected chi connectivity index (χ0v) is 11.7. The molecule has 0 spiro atoms. The Morgan fingerprint density at radius 3 is 2.30 bits per heavy atom. The van der Waals surface area contributed by atoms with Crippen LogP contribution in [0.4, 0.5) is 0 Å². The minimum Gasteiger partial charge on any atom is -0.481 e. The fourth-order valence-electron chi connectivity index (χ4n) is 3.35. The number of aliphatic carboxylic acids is 1. The minimum atomic E-state index is -0.906. The molecule has 1 saturated carbocycles. The van der Waals surface area contributed by atoms with Crippen molar-refractivity contribution in [2.24, 2.45) is 11.8 Å². The summed E-state index contributed by atoms with van der Waals surface area (Å²) >= 11 is 0. The highest BCUT2D eigenvalue weighted by Crippen LogP contribution is 2.33. The second kappa shape index (κ2) is 6.24. The summed E-state index contributed by atoms with van der Waals surface area (Å²) < 4.78 is 4.73. The number of carbonyl (C=O) groups is 3. The van der Waals surface area contributed by atoms with Gasteiger partial charge in [-0.1, -0.05) is 12.8 Å². The molecule has 1 N–H and O–H groups in total. The lowest BCUT2D eigenvalue weighted by Crippen LogP contribution is -2.47. The third-order valence-corrected chi connectivity index (χ3v) is 4.41. The van der Waals surface area contributed by atoms with E-state index in [1.807, 2.05) is 0 Å². The van der Waals surface area contributed by atoms with E-state index < -0.39 is 29.8 Å². The monoisotopic (exact) mass is 283 g/mol. The van der Waals surface area contributed by atoms with Crippen LogP contribution < -0.4 is 0 Å². The number of carbonyl (C=O) groups excluding carboxylic acids is 2. The number of methoxy groups -OCH3 is 1. The molecule has 20 heavy (non-hydrogen) atoms. The van der Waals surface area contributed by atoms with Crippen LogP contribution in [-0.2, 0) is 19.1 Å². The van der Waals surface area contributed by atoms with E-state index in [1.165, 1.54) is 12.0 Å². The third kappa shape index (κ3) is 2.78. The molecule has 0 aromatic rings. The van der Waals surface area contributed by atoms with Crippen molar-refractivity contribution in [2.45, 2.75) is 44.6 Å². The lowest BCUT2D eigenvalue weighted by Gasteiger charge is -2.32. The Bertz CT molecular complexity index is 408. The van der Waals surface area contributed by atoms with Gasteiger partial charge in [0.1, 0.15) is 6.04 Å². The predicted octanol–water partition coefficient (Wildman–Crippen LogP) is 1.04. The zero-order chi connectivity index (χ0) is 14.7. The van der Waals surface area contributed by atoms with Gasteiger partial charge in [-0.15, -0.1) is 0 Å². The first kappa shape index (κ1) is 14.8. The van der Waals surface area contributed by atoms with Crippen molar-refractivity contribution in [3.63, 3.8) is 0 Å². The summed E-state index contributed by atoms with van der Waals surface area (Å²) in [6, 6.07) is -0.538. The molecule has 1 amide bonds. The first-order chi connectivity index (χ1) is 9.56. The highest BCUT2D eigenvalue weighted by Gasteiger charge is 2.42. The zero-order valence-electron chi connectivity index (χ0n) is 11.7. The number of amides is 1. The summed E-state index contributed by atoms with van der Waals surface area (Å²) in [6.07, 6.45) is 4.22. The van der Waals surface area contributed by atoms with Gasteiger partial charge < -0.3 is 14.7 Å². The predicted molar refractivity (Wildman–Crippen MR) is 69.8 cm³/mol. The Morgan fingerprint density at radius 2 is 1.70 bits per heavy atom. The van der Waals surface area contributed by atoms with Gasteiger partial charge in [-0.3, -0.25) is 9.59 Å². The Hall–Kier alpha value is -1.59. The van der Waals surface area contributed by atoms with Gasteiger partial charge >= 0.3 is 11.9 Å². The fourth-order valence-corrected chi connectivity index (χ4v) is 3.35. The van der Waals surface area contributed by atoms with Gasteiger partial charge in [-0.2, -0.15) is 0 Å². The molecule has 3 atom stereocenters. The molecule has 1 heterocycles. The van der Waals surface area contributed by atoms with Crippen molar-refractivity contribution in [1.82, 2.24) is 4.90 Å². The molecule has 0 aromatic carbocycles. The van der Waals surface area contributed by atoms with Crippen molar-refractivity contribution in [1.29, 1.82) is 0 Å². The van der Waals surface area contributed by atoms with Crippen LogP contribution >= 0.6 is 0 Å². The number of ether oxygens (including phenoxy) is 1. The lowest BCUT2D eigenvalue weighted by atomic mass is 9.78. The maximum Gasteiger partial charge on any atom is 0.328 e. The van der Waals surface area contributed by atoms with Gasteiger partial charge in [-0.05, 0) is 25.7 Å². The molecular weight excluding hydrogens is 262 g/mol. The van der Waals surface area contributed by atoms with Crippen molar-refractivity contribution < 1.29 is 24.2 Å². The molecule has 1 saturated heterocycles. The van der Waals surface area contributed by atoms with Crippen molar-refractivity contribution in [2.75, 3.05) is 13.7 Å². The summed E-state index contributed by atoms with van der Waals surface area (Å²) in [5, 5.41) is 9.26. The van der Waals surface area contributed by atoms with Crippen LogP contribution in [0, 0.1) is 11.8 Å². The van der Waals surface area contributed by atoms with Crippen LogP contribution in [0.1, 0.15) is 38.5 Å². The molecule has 2 fully saturated rings. The average Bonchev–Trinajstić information content (AvgIpc) is 2.95. The third-order valence-electron chi connectivity index (χ3n) is 4.41. The van der Waals surface area contributed by atoms with E-state index in [0.29, 0.717) is 25.8 Å². The minimum absolute atomic E-state index is 0.190. The number of carboxylic acids is 1. The molecular formula is C14H21NO5. The average molecular weight is 283 g/mol. The molecule has 0 bridgehead atoms. The highest BCUT2D eigenvalue weighted by atomic mass is 16.5. The van der Waals surface area contributed by atoms with Gasteiger partial charge in [0, 0.05) is 6.54 Å². The number of rotatable bonds is 3. The largest absolute Gasteiger partial charge is 0.481 e. The van der Waals surface area contributed by atoms with Gasteiger partial charge in [0.05, 0.1) is 18.9 Å². The van der Waals surface area contributed by atoms with Crippen molar-refractivity contribution in [3.05, 3.63) is 0 Å². The number of carboxylic acid groups (broad SMARTS) is 1. The summed E-state index contributed by atoms with van der Waals surface area (Å²) in [7, 11) is 1.31. The topological polar surface area (TPSA) is 83.9 Å². The second-order valence-electron chi connectivity index (χ2n) is 5.55. The molecule has 1 unspecified atom stereocenters. The molecule has 112 valence electrons. The SMILES string of the molecule is COC(=O)C1CCCN1C(=O)[C@@H]1CCCC[C@@H]1C(=O)O. The number of nitrogens with zero attached hydrogens (tertiary/aromatic N) is 1. The number of likely N-dealkylation sites (tertiary alicyclic amines) is 1. The maximum atomic E-state index is 12.6. The van der Waals surface area contributed by atoms with Gasteiger partial charge in [-0.25, -0.2) is 4.79 Å². The van der Waals surface area contributed by atoms with E-state index in [0.717, 1.165) is 19.3 Å². The molecule has 1 aliphatic carbocycles. The van der Waals surface area contributed by atoms with Crippen LogP contribution in [-0.4, -0.2) is 47.5 Å². The molecule has 0 radical (unpaired) electrons. The Kier molecular flexibility index (Phi) is 4.62. The van der Waals surface area contributed by atoms with Crippen LogP contribution in [0.3, 0.4) is 0 Å². The fraction of sp³-hybridized carbons (Fsp3) is 0.786. The van der Waals surface area contributed by atoms with Crippen LogP contribution in [0.15, 0.2) is 0 Å². The summed E-state index contributed by atoms with van der Waals surface area (Å²) in [4.78, 5) is 37.1. The van der Waals surface area contributed by atoms with E-state index >= 15 is 0 Å². The number of esters is 1. The summed E-state index contributed by atoms with van der Waals surface area (Å²) in [5.74, 6) is -2.61. The molecule has 2 aliphatic rings. The first-order valence-corrected chi connectivity index (χ1v) is 7.17. The van der Waals surface area contributed by atoms with E-state index in [4.69, 9.17) is 4.74 Å². The Balaban J connectivity index is 2.12. The summed E-state index contributed by atoms with van der Waals surface area (Å²) in [6.45, 7) is 0.515. The molecule has 6 heteroatoms. The van der Waals surface area contributed by atoms with Gasteiger partial charge in [0.15, 0.2) is 0 Å². The molecule has 1 aliphatic heterocycles. The van der Waals surface area contributed by atoms with E-state index in [9.17, 15) is 19.5 Å². The quantitative estimate of drug-likeness (QED) is 0.782. The Morgan fingerprint density at radius 1 is 1.05 bits per heavy atom. The van der Waals surface area contributed by atoms with E-state index in [1.54, 1.807) is 0 Å². The normalized spacial score (nSPS) is 30.1. The van der Waals surface area contributed by atoms with Gasteiger partial charge in [0.25, 0.3) is 0 Å². The molecule has 6 nitrogen and oxygen atoms in total. The number of hydrogen-bond acceptors (Lipinski definition) is 4. The van der Waals surface area contributed by atoms with Crippen LogP contribution in [0.25, 0.3) is 0 Å². The van der Waals surface area contributed by atoms with Crippen LogP contribution in [0.5, 0.6) is 0 Å². The maximum absolute atomic E-state index is 12.6. The first-order valence-electron chi connectivity index (χ1n) is 7.17. The summed E-state index contributed by atoms with van der Waals surface area (Å²) in [5.41, 5.74) is 0. The smallest absolute Gasteiger partial charge is 0.328 e. The lowest BCUT2D eigenvalue weighted by molar-refractivity contribution is -0.157. The Labute approximate surface area is 118 Å². The van der Waals surface area contributed by atoms with Crippen LogP contribution in [0.2, 0.25) is 0 Å². The van der Waals surface area contributed by atoms with E-state index in [2.05, 4.69) is 0 Å². The van der Waals surface area contributed by atoms with Gasteiger partial charge in [0.2, 0.25) is 5.91 Å². The highest BCUT2D eigenvalue weighted by molar-refractivity contribution is 5.89.